The van der Waals surface area contributed by atoms with E-state index in [1.54, 1.807) is 47.4 Å². The van der Waals surface area contributed by atoms with Gasteiger partial charge in [0.2, 0.25) is 0 Å². The van der Waals surface area contributed by atoms with Gasteiger partial charge in [0.05, 0.1) is 10.4 Å². The lowest BCUT2D eigenvalue weighted by molar-refractivity contribution is 0.0613. The third-order valence-electron chi connectivity index (χ3n) is 9.09. The van der Waals surface area contributed by atoms with Gasteiger partial charge in [-0.2, -0.15) is 0 Å². The summed E-state index contributed by atoms with van der Waals surface area (Å²) >= 11 is 0. The monoisotopic (exact) mass is 623 g/mol. The van der Waals surface area contributed by atoms with E-state index in [-0.39, 0.29) is 10.6 Å². The number of aromatic nitrogens is 5. The summed E-state index contributed by atoms with van der Waals surface area (Å²) in [4.78, 5) is 23.7. The number of hydrogen-bond donors (Lipinski definition) is 0. The molecule has 232 valence electrons. The minimum absolute atomic E-state index is 0.0502. The Labute approximate surface area is 262 Å². The first kappa shape index (κ1) is 29.4. The molecule has 0 atom stereocenters. The Morgan fingerprint density at radius 3 is 2.42 bits per heavy atom. The molecule has 0 radical (unpaired) electrons. The number of pyridine rings is 2. The van der Waals surface area contributed by atoms with E-state index in [1.165, 1.54) is 3.97 Å². The van der Waals surface area contributed by atoms with Crippen LogP contribution in [0.1, 0.15) is 56.6 Å². The van der Waals surface area contributed by atoms with E-state index in [0.717, 1.165) is 72.0 Å². The fourth-order valence-electron chi connectivity index (χ4n) is 6.52. The summed E-state index contributed by atoms with van der Waals surface area (Å²) in [5.74, 6) is 0.353. The Morgan fingerprint density at radius 1 is 1.02 bits per heavy atom. The number of rotatable bonds is 7. The van der Waals surface area contributed by atoms with Crippen LogP contribution in [0.15, 0.2) is 77.3 Å². The van der Waals surface area contributed by atoms with Gasteiger partial charge in [-0.25, -0.2) is 31.7 Å². The number of nitrogens with zero attached hydrogens (tertiary/aromatic N) is 5. The van der Waals surface area contributed by atoms with E-state index in [4.69, 9.17) is 9.72 Å². The topological polar surface area (TPSA) is 101 Å². The van der Waals surface area contributed by atoms with Gasteiger partial charge >= 0.3 is 5.69 Å². The van der Waals surface area contributed by atoms with Gasteiger partial charge in [0.15, 0.2) is 11.3 Å². The van der Waals surface area contributed by atoms with Gasteiger partial charge < -0.3 is 4.74 Å². The molecule has 1 aromatic carbocycles. The predicted molar refractivity (Wildman–Crippen MR) is 177 cm³/mol. The maximum absolute atomic E-state index is 14.0. The summed E-state index contributed by atoms with van der Waals surface area (Å²) in [5, 5.41) is 0.681. The summed E-state index contributed by atoms with van der Waals surface area (Å²) in [6, 6.07) is 10.8. The lowest BCUT2D eigenvalue weighted by Gasteiger charge is -2.22. The van der Waals surface area contributed by atoms with Crippen LogP contribution in [-0.2, 0) is 21.3 Å². The average Bonchev–Trinajstić information content (AvgIpc) is 3.57. The zero-order chi connectivity index (χ0) is 31.3. The van der Waals surface area contributed by atoms with Crippen LogP contribution >= 0.6 is 0 Å². The first-order valence-electron chi connectivity index (χ1n) is 15.6. The lowest BCUT2D eigenvalue weighted by Crippen LogP contribution is -2.29. The minimum atomic E-state index is -3.89. The van der Waals surface area contributed by atoms with E-state index >= 15 is 0 Å². The minimum Gasteiger partial charge on any atom is -0.381 e. The van der Waals surface area contributed by atoms with Gasteiger partial charge in [0, 0.05) is 66.1 Å². The second-order valence-corrected chi connectivity index (χ2v) is 14.1. The van der Waals surface area contributed by atoms with Crippen LogP contribution in [0.5, 0.6) is 0 Å². The highest BCUT2D eigenvalue weighted by Crippen LogP contribution is 2.33. The van der Waals surface area contributed by atoms with Crippen LogP contribution in [0.3, 0.4) is 0 Å². The Hall–Kier alpha value is -4.28. The molecule has 45 heavy (non-hydrogen) atoms. The number of imidazole rings is 1. The Kier molecular flexibility index (Phi) is 7.57. The Morgan fingerprint density at radius 2 is 1.73 bits per heavy atom. The number of fused-ring (bicyclic) bond motifs is 2. The summed E-state index contributed by atoms with van der Waals surface area (Å²) in [7, 11) is -3.89. The Balaban J connectivity index is 1.36. The number of aryl methyl sites for hydroxylation is 1. The largest absolute Gasteiger partial charge is 0.381 e. The van der Waals surface area contributed by atoms with Gasteiger partial charge in [-0.1, -0.05) is 30.4 Å². The highest BCUT2D eigenvalue weighted by molar-refractivity contribution is 7.90. The van der Waals surface area contributed by atoms with Crippen molar-refractivity contribution in [3.8, 4) is 11.1 Å². The van der Waals surface area contributed by atoms with Crippen molar-refractivity contribution in [3.05, 3.63) is 89.3 Å². The molecule has 9 nitrogen and oxygen atoms in total. The lowest BCUT2D eigenvalue weighted by atomic mass is 10.0. The summed E-state index contributed by atoms with van der Waals surface area (Å²) < 4.78 is 37.9. The van der Waals surface area contributed by atoms with Gasteiger partial charge in [0.1, 0.15) is 0 Å². The first-order valence-corrected chi connectivity index (χ1v) is 17.0. The zero-order valence-corrected chi connectivity index (χ0v) is 26.5. The normalized spacial score (nSPS) is 16.4. The molecule has 0 unspecified atom stereocenters. The van der Waals surface area contributed by atoms with E-state index in [9.17, 15) is 13.2 Å². The molecule has 0 N–H and O–H groups in total. The predicted octanol–water partition coefficient (Wildman–Crippen LogP) is 6.63. The highest BCUT2D eigenvalue weighted by atomic mass is 32.2. The third-order valence-corrected chi connectivity index (χ3v) is 10.8. The quantitative estimate of drug-likeness (QED) is 0.202. The molecule has 4 aromatic heterocycles. The van der Waals surface area contributed by atoms with Crippen LogP contribution in [-0.4, -0.2) is 44.7 Å². The molecule has 1 fully saturated rings. The van der Waals surface area contributed by atoms with Crippen molar-refractivity contribution >= 4 is 43.5 Å². The van der Waals surface area contributed by atoms with E-state index < -0.39 is 10.0 Å². The van der Waals surface area contributed by atoms with Crippen LogP contribution in [0.2, 0.25) is 0 Å². The SMILES string of the molecule is C=C(C)c1cn(S(=O)(=O)c2ccc(C)cc2)c2ncc(-c3cnc4c(c3)n(CC3CCOCC3)c(=O)n4C3=CCCCC3)cc12. The molecule has 0 bridgehead atoms. The summed E-state index contributed by atoms with van der Waals surface area (Å²) in [6.45, 7) is 9.93. The molecule has 0 spiro atoms. The fraction of sp³-hybridized carbons (Fsp3) is 0.343. The summed E-state index contributed by atoms with van der Waals surface area (Å²) in [5.41, 5.74) is 6.74. The van der Waals surface area contributed by atoms with Gasteiger partial charge in [-0.15, -0.1) is 0 Å². The number of hydrogen-bond acceptors (Lipinski definition) is 6. The van der Waals surface area contributed by atoms with Crippen molar-refractivity contribution in [2.24, 2.45) is 5.92 Å². The molecule has 7 rings (SSSR count). The third kappa shape index (κ3) is 5.25. The van der Waals surface area contributed by atoms with Crippen LogP contribution in [0, 0.1) is 12.8 Å². The second-order valence-electron chi connectivity index (χ2n) is 12.3. The van der Waals surface area contributed by atoms with Gasteiger partial charge in [-0.05, 0) is 88.1 Å². The maximum Gasteiger partial charge on any atom is 0.334 e. The fourth-order valence-corrected chi connectivity index (χ4v) is 7.84. The number of allylic oxidation sites excluding steroid dienone is 3. The number of ether oxygens (including phenoxy) is 1. The van der Waals surface area contributed by atoms with Crippen molar-refractivity contribution in [2.45, 2.75) is 63.8 Å². The molecule has 2 aliphatic rings. The molecule has 1 saturated heterocycles. The van der Waals surface area contributed by atoms with Crippen molar-refractivity contribution in [3.63, 3.8) is 0 Å². The summed E-state index contributed by atoms with van der Waals surface area (Å²) in [6.07, 6.45) is 13.1. The van der Waals surface area contributed by atoms with E-state index in [0.29, 0.717) is 47.9 Å². The molecule has 1 aliphatic heterocycles. The van der Waals surface area contributed by atoms with Crippen LogP contribution in [0.25, 0.3) is 44.6 Å². The molecule has 5 heterocycles. The van der Waals surface area contributed by atoms with Gasteiger partial charge in [-0.3, -0.25) is 4.57 Å². The van der Waals surface area contributed by atoms with Crippen LogP contribution in [0.4, 0.5) is 0 Å². The highest BCUT2D eigenvalue weighted by Gasteiger charge is 2.25. The molecule has 10 heteroatoms. The van der Waals surface area contributed by atoms with Crippen LogP contribution < -0.4 is 5.69 Å². The molecule has 1 aliphatic carbocycles. The standard InChI is InChI=1S/C35H37N5O4S/c1-23(2)31-22-39(45(42,43)29-11-9-24(3)10-12-29)33-30(31)17-26(19-36-33)27-18-32-34(37-20-27)40(28-7-5-4-6-8-28)35(41)38(32)21-25-13-15-44-16-14-25/h7,9-12,17-20,22,25H,1,4-6,8,13-16,21H2,2-3H3. The smallest absolute Gasteiger partial charge is 0.334 e. The molecule has 0 saturated carbocycles. The van der Waals surface area contributed by atoms with Crippen molar-refractivity contribution in [1.82, 2.24) is 23.1 Å². The maximum atomic E-state index is 14.0. The molecular formula is C35H37N5O4S. The van der Waals surface area contributed by atoms with Gasteiger partial charge in [0.25, 0.3) is 10.0 Å². The van der Waals surface area contributed by atoms with E-state index in [2.05, 4.69) is 17.6 Å². The average molecular weight is 624 g/mol. The van der Waals surface area contributed by atoms with Crippen molar-refractivity contribution in [2.75, 3.05) is 13.2 Å². The molecule has 0 amide bonds. The second kappa shape index (κ2) is 11.6. The first-order chi connectivity index (χ1) is 21.7. The molecular weight excluding hydrogens is 586 g/mol. The van der Waals surface area contributed by atoms with Crippen molar-refractivity contribution < 1.29 is 13.2 Å². The Bertz CT molecular complexity index is 2150. The number of benzene rings is 1. The van der Waals surface area contributed by atoms with Crippen molar-refractivity contribution in [1.29, 1.82) is 0 Å². The zero-order valence-electron chi connectivity index (χ0n) is 25.7. The molecule has 5 aromatic rings. The van der Waals surface area contributed by atoms with E-state index in [1.807, 2.05) is 30.5 Å².